The van der Waals surface area contributed by atoms with Gasteiger partial charge in [0, 0.05) is 0 Å². The lowest BCUT2D eigenvalue weighted by molar-refractivity contribution is 0.961. The second-order valence-corrected chi connectivity index (χ2v) is 7.34. The summed E-state index contributed by atoms with van der Waals surface area (Å²) >= 11 is 0. The molecule has 0 N–H and O–H groups in total. The Balaban J connectivity index is 1.45. The van der Waals surface area contributed by atoms with Gasteiger partial charge in [0.2, 0.25) is 0 Å². The highest BCUT2D eigenvalue weighted by molar-refractivity contribution is 5.97. The zero-order valence-corrected chi connectivity index (χ0v) is 14.9. The van der Waals surface area contributed by atoms with Crippen molar-refractivity contribution in [3.05, 3.63) is 112 Å². The maximum atomic E-state index is 2.40. The molecule has 126 valence electrons. The molecule has 26 heavy (non-hydrogen) atoms. The molecule has 0 saturated carbocycles. The Hall–Kier alpha value is -2.86. The van der Waals surface area contributed by atoms with Gasteiger partial charge in [-0.25, -0.2) is 0 Å². The van der Waals surface area contributed by atoms with Crippen LogP contribution in [0.5, 0.6) is 0 Å². The van der Waals surface area contributed by atoms with E-state index in [1.165, 1.54) is 33.4 Å². The molecule has 0 saturated heterocycles. The number of allylic oxidation sites excluding steroid dienone is 3. The van der Waals surface area contributed by atoms with Crippen LogP contribution in [-0.4, -0.2) is 0 Å². The standard InChI is InChI=1S/C26H22/c1-2-8-20(9-3-1)26-18-23-12-6-7-13-24(23)25(26)15-14-19-16-21-10-4-5-11-22(21)17-19/h1-13,16H,14-15,17-18H2. The Kier molecular flexibility index (Phi) is 3.83. The van der Waals surface area contributed by atoms with Crippen LogP contribution in [0.1, 0.15) is 40.7 Å². The lowest BCUT2D eigenvalue weighted by atomic mass is 9.94. The predicted octanol–water partition coefficient (Wildman–Crippen LogP) is 6.57. The van der Waals surface area contributed by atoms with Gasteiger partial charge in [0.15, 0.2) is 0 Å². The van der Waals surface area contributed by atoms with Gasteiger partial charge < -0.3 is 0 Å². The molecule has 2 aliphatic rings. The van der Waals surface area contributed by atoms with Crippen molar-refractivity contribution in [2.45, 2.75) is 25.7 Å². The average Bonchev–Trinajstić information content (AvgIpc) is 3.28. The van der Waals surface area contributed by atoms with Gasteiger partial charge in [0.05, 0.1) is 0 Å². The third-order valence-corrected chi connectivity index (χ3v) is 5.72. The van der Waals surface area contributed by atoms with Gasteiger partial charge in [-0.3, -0.25) is 0 Å². The van der Waals surface area contributed by atoms with E-state index < -0.39 is 0 Å². The molecule has 5 rings (SSSR count). The molecule has 0 fully saturated rings. The fraction of sp³-hybridized carbons (Fsp3) is 0.154. The minimum absolute atomic E-state index is 1.06. The number of fused-ring (bicyclic) bond motifs is 2. The normalized spacial score (nSPS) is 15.0. The Bertz CT molecular complexity index is 1020. The van der Waals surface area contributed by atoms with Gasteiger partial charge in [0.1, 0.15) is 0 Å². The maximum absolute atomic E-state index is 2.40. The molecule has 0 aliphatic heterocycles. The molecule has 0 unspecified atom stereocenters. The highest BCUT2D eigenvalue weighted by atomic mass is 14.3. The van der Waals surface area contributed by atoms with Gasteiger partial charge in [-0.2, -0.15) is 0 Å². The summed E-state index contributed by atoms with van der Waals surface area (Å²) in [4.78, 5) is 0. The van der Waals surface area contributed by atoms with Gasteiger partial charge in [0.25, 0.3) is 0 Å². The highest BCUT2D eigenvalue weighted by Gasteiger charge is 2.22. The second-order valence-electron chi connectivity index (χ2n) is 7.34. The van der Waals surface area contributed by atoms with E-state index in [1.54, 1.807) is 11.1 Å². The highest BCUT2D eigenvalue weighted by Crippen LogP contribution is 2.42. The third-order valence-electron chi connectivity index (χ3n) is 5.72. The Labute approximate surface area is 155 Å². The zero-order valence-electron chi connectivity index (χ0n) is 14.9. The van der Waals surface area contributed by atoms with Gasteiger partial charge in [-0.05, 0) is 64.6 Å². The Morgan fingerprint density at radius 3 is 2.19 bits per heavy atom. The number of rotatable bonds is 4. The van der Waals surface area contributed by atoms with Crippen LogP contribution in [0.4, 0.5) is 0 Å². The van der Waals surface area contributed by atoms with Crippen LogP contribution < -0.4 is 0 Å². The SMILES string of the molecule is C1=C(CCC2=C(c3ccccc3)Cc3ccccc32)Cc2ccccc21. The molecule has 0 nitrogen and oxygen atoms in total. The summed E-state index contributed by atoms with van der Waals surface area (Å²) in [6.07, 6.45) is 6.86. The van der Waals surface area contributed by atoms with Crippen LogP contribution in [0.2, 0.25) is 0 Å². The van der Waals surface area contributed by atoms with Crippen LogP contribution in [0.15, 0.2) is 84.4 Å². The molecular formula is C26H22. The van der Waals surface area contributed by atoms with E-state index in [-0.39, 0.29) is 0 Å². The molecule has 2 aliphatic carbocycles. The van der Waals surface area contributed by atoms with Gasteiger partial charge in [-0.15, -0.1) is 0 Å². The van der Waals surface area contributed by atoms with E-state index in [0.717, 1.165) is 25.7 Å². The molecule has 0 amide bonds. The van der Waals surface area contributed by atoms with E-state index in [0.29, 0.717) is 0 Å². The van der Waals surface area contributed by atoms with Crippen molar-refractivity contribution in [2.24, 2.45) is 0 Å². The Morgan fingerprint density at radius 1 is 0.615 bits per heavy atom. The summed E-state index contributed by atoms with van der Waals surface area (Å²) in [6.45, 7) is 0. The minimum Gasteiger partial charge on any atom is -0.0649 e. The summed E-state index contributed by atoms with van der Waals surface area (Å²) in [5.41, 5.74) is 11.8. The number of hydrogen-bond donors (Lipinski definition) is 0. The predicted molar refractivity (Wildman–Crippen MR) is 111 cm³/mol. The molecule has 0 heterocycles. The van der Waals surface area contributed by atoms with E-state index in [1.807, 2.05) is 0 Å². The molecule has 0 heteroatoms. The lowest BCUT2D eigenvalue weighted by Gasteiger charge is -2.10. The molecule has 0 spiro atoms. The van der Waals surface area contributed by atoms with Crippen molar-refractivity contribution in [3.63, 3.8) is 0 Å². The lowest BCUT2D eigenvalue weighted by Crippen LogP contribution is -1.90. The molecule has 3 aromatic carbocycles. The fourth-order valence-electron chi connectivity index (χ4n) is 4.43. The molecular weight excluding hydrogens is 312 g/mol. The molecule has 0 aromatic heterocycles. The van der Waals surface area contributed by atoms with Crippen LogP contribution in [0.25, 0.3) is 17.2 Å². The topological polar surface area (TPSA) is 0 Å². The fourth-order valence-corrected chi connectivity index (χ4v) is 4.43. The van der Waals surface area contributed by atoms with Crippen molar-refractivity contribution in [1.29, 1.82) is 0 Å². The second kappa shape index (κ2) is 6.46. The number of hydrogen-bond acceptors (Lipinski definition) is 0. The average molecular weight is 334 g/mol. The van der Waals surface area contributed by atoms with Crippen molar-refractivity contribution in [2.75, 3.05) is 0 Å². The van der Waals surface area contributed by atoms with E-state index in [2.05, 4.69) is 84.9 Å². The molecule has 3 aromatic rings. The van der Waals surface area contributed by atoms with Crippen molar-refractivity contribution >= 4 is 17.2 Å². The van der Waals surface area contributed by atoms with Gasteiger partial charge >= 0.3 is 0 Å². The maximum Gasteiger partial charge on any atom is -0.00108 e. The largest absolute Gasteiger partial charge is 0.0649 e. The summed E-state index contributed by atoms with van der Waals surface area (Å²) in [6, 6.07) is 28.6. The molecule has 0 radical (unpaired) electrons. The summed E-state index contributed by atoms with van der Waals surface area (Å²) in [7, 11) is 0. The zero-order chi connectivity index (χ0) is 17.3. The summed E-state index contributed by atoms with van der Waals surface area (Å²) in [5, 5.41) is 0. The van der Waals surface area contributed by atoms with Gasteiger partial charge in [-0.1, -0.05) is 90.5 Å². The van der Waals surface area contributed by atoms with E-state index in [9.17, 15) is 0 Å². The summed E-state index contributed by atoms with van der Waals surface area (Å²) < 4.78 is 0. The van der Waals surface area contributed by atoms with Crippen molar-refractivity contribution in [3.8, 4) is 0 Å². The Morgan fingerprint density at radius 2 is 1.35 bits per heavy atom. The summed E-state index contributed by atoms with van der Waals surface area (Å²) in [5.74, 6) is 0. The monoisotopic (exact) mass is 334 g/mol. The minimum atomic E-state index is 1.06. The van der Waals surface area contributed by atoms with Crippen LogP contribution >= 0.6 is 0 Å². The smallest absolute Gasteiger partial charge is 0.00108 e. The third kappa shape index (κ3) is 2.72. The van der Waals surface area contributed by atoms with E-state index >= 15 is 0 Å². The van der Waals surface area contributed by atoms with Crippen LogP contribution in [0, 0.1) is 0 Å². The first kappa shape index (κ1) is 15.4. The van der Waals surface area contributed by atoms with Crippen molar-refractivity contribution < 1.29 is 0 Å². The van der Waals surface area contributed by atoms with Crippen LogP contribution in [-0.2, 0) is 12.8 Å². The first-order valence-corrected chi connectivity index (χ1v) is 9.51. The van der Waals surface area contributed by atoms with Crippen LogP contribution in [0.3, 0.4) is 0 Å². The molecule has 0 bridgehead atoms. The number of benzene rings is 3. The van der Waals surface area contributed by atoms with Crippen molar-refractivity contribution in [1.82, 2.24) is 0 Å². The first-order chi connectivity index (χ1) is 12.9. The quantitative estimate of drug-likeness (QED) is 0.506. The molecule has 0 atom stereocenters. The van der Waals surface area contributed by atoms with E-state index in [4.69, 9.17) is 0 Å². The first-order valence-electron chi connectivity index (χ1n) is 9.51.